The molecule has 0 unspecified atom stereocenters. The summed E-state index contributed by atoms with van der Waals surface area (Å²) < 4.78 is 0. The second kappa shape index (κ2) is 5.56. The Morgan fingerprint density at radius 1 is 1.15 bits per heavy atom. The lowest BCUT2D eigenvalue weighted by Crippen LogP contribution is -1.96. The van der Waals surface area contributed by atoms with Gasteiger partial charge in [0, 0.05) is 28.6 Å². The van der Waals surface area contributed by atoms with Gasteiger partial charge < -0.3 is 5.32 Å². The van der Waals surface area contributed by atoms with Crippen LogP contribution in [0.3, 0.4) is 0 Å². The van der Waals surface area contributed by atoms with Crippen molar-refractivity contribution < 1.29 is 0 Å². The van der Waals surface area contributed by atoms with Crippen LogP contribution in [0.25, 0.3) is 11.3 Å². The maximum atomic E-state index is 11.1. The number of aromatic amines is 2. The van der Waals surface area contributed by atoms with Crippen molar-refractivity contribution >= 4 is 28.6 Å². The number of thiophene rings is 1. The highest BCUT2D eigenvalue weighted by Gasteiger charge is 2.01. The van der Waals surface area contributed by atoms with Crippen molar-refractivity contribution in [3.05, 3.63) is 62.0 Å². The van der Waals surface area contributed by atoms with E-state index in [0.29, 0.717) is 0 Å². The molecule has 2 aromatic heterocycles. The Balaban J connectivity index is 1.68. The molecule has 0 saturated carbocycles. The van der Waals surface area contributed by atoms with Crippen LogP contribution in [0.1, 0.15) is 4.88 Å². The summed E-state index contributed by atoms with van der Waals surface area (Å²) in [6.07, 6.45) is 0. The van der Waals surface area contributed by atoms with Crippen molar-refractivity contribution in [3.63, 3.8) is 0 Å². The van der Waals surface area contributed by atoms with Gasteiger partial charge in [0.05, 0.1) is 10.7 Å². The minimum atomic E-state index is -0.128. The number of rotatable bonds is 4. The van der Waals surface area contributed by atoms with E-state index in [4.69, 9.17) is 11.6 Å². The van der Waals surface area contributed by atoms with Crippen molar-refractivity contribution in [3.8, 4) is 11.3 Å². The van der Waals surface area contributed by atoms with Gasteiger partial charge in [0.15, 0.2) is 0 Å². The molecule has 2 heterocycles. The normalized spacial score (nSPS) is 10.7. The van der Waals surface area contributed by atoms with E-state index in [9.17, 15) is 4.79 Å². The third kappa shape index (κ3) is 2.95. The van der Waals surface area contributed by atoms with Crippen molar-refractivity contribution in [2.24, 2.45) is 0 Å². The largest absolute Gasteiger partial charge is 0.380 e. The first-order chi connectivity index (χ1) is 9.70. The minimum absolute atomic E-state index is 0.128. The number of H-pyrrole nitrogens is 2. The highest BCUT2D eigenvalue weighted by molar-refractivity contribution is 7.10. The van der Waals surface area contributed by atoms with Gasteiger partial charge >= 0.3 is 0 Å². The van der Waals surface area contributed by atoms with E-state index in [0.717, 1.165) is 28.5 Å². The molecule has 0 saturated heterocycles. The fourth-order valence-corrected chi connectivity index (χ4v) is 2.90. The number of hydrogen-bond donors (Lipinski definition) is 3. The summed E-state index contributed by atoms with van der Waals surface area (Å²) in [6, 6.07) is 11.4. The predicted octanol–water partition coefficient (Wildman–Crippen LogP) is 3.70. The van der Waals surface area contributed by atoms with Crippen LogP contribution in [0.5, 0.6) is 0 Å². The second-order valence-electron chi connectivity index (χ2n) is 4.33. The van der Waals surface area contributed by atoms with Gasteiger partial charge in [0.2, 0.25) is 0 Å². The van der Waals surface area contributed by atoms with Gasteiger partial charge in [-0.25, -0.2) is 0 Å². The predicted molar refractivity (Wildman–Crippen MR) is 83.5 cm³/mol. The first kappa shape index (κ1) is 13.0. The fraction of sp³-hybridized carbons (Fsp3) is 0.0714. The van der Waals surface area contributed by atoms with Crippen molar-refractivity contribution in [1.29, 1.82) is 0 Å². The topological polar surface area (TPSA) is 60.7 Å². The summed E-state index contributed by atoms with van der Waals surface area (Å²) in [5.41, 5.74) is 2.65. The monoisotopic (exact) mass is 305 g/mol. The number of hydrogen-bond acceptors (Lipinski definition) is 3. The number of anilines is 1. The average Bonchev–Trinajstić information content (AvgIpc) is 3.06. The Labute approximate surface area is 124 Å². The molecule has 102 valence electrons. The maximum Gasteiger partial charge on any atom is 0.264 e. The lowest BCUT2D eigenvalue weighted by atomic mass is 10.1. The zero-order valence-corrected chi connectivity index (χ0v) is 12.0. The van der Waals surface area contributed by atoms with Crippen LogP contribution >= 0.6 is 22.9 Å². The highest BCUT2D eigenvalue weighted by atomic mass is 35.5. The molecule has 0 atom stereocenters. The van der Waals surface area contributed by atoms with Crippen molar-refractivity contribution in [2.45, 2.75) is 6.54 Å². The molecule has 6 heteroatoms. The van der Waals surface area contributed by atoms with E-state index < -0.39 is 0 Å². The molecular formula is C14H12ClN3OS. The van der Waals surface area contributed by atoms with Crippen LogP contribution < -0.4 is 10.9 Å². The van der Waals surface area contributed by atoms with Gasteiger partial charge in [0.1, 0.15) is 0 Å². The Bertz CT molecular complexity index is 757. The summed E-state index contributed by atoms with van der Waals surface area (Å²) in [6.45, 7) is 0.748. The van der Waals surface area contributed by atoms with Crippen LogP contribution in [0.2, 0.25) is 5.02 Å². The first-order valence-electron chi connectivity index (χ1n) is 6.05. The summed E-state index contributed by atoms with van der Waals surface area (Å²) in [5, 5.41) is 11.4. The van der Waals surface area contributed by atoms with E-state index in [2.05, 4.69) is 15.5 Å². The van der Waals surface area contributed by atoms with Gasteiger partial charge in [-0.2, -0.15) is 0 Å². The summed E-state index contributed by atoms with van der Waals surface area (Å²) in [5.74, 6) is 0. The summed E-state index contributed by atoms with van der Waals surface area (Å²) in [4.78, 5) is 12.3. The van der Waals surface area contributed by atoms with E-state index in [1.165, 1.54) is 10.9 Å². The zero-order valence-electron chi connectivity index (χ0n) is 10.4. The van der Waals surface area contributed by atoms with Gasteiger partial charge in [-0.1, -0.05) is 23.7 Å². The lowest BCUT2D eigenvalue weighted by Gasteiger charge is -2.05. The van der Waals surface area contributed by atoms with Crippen LogP contribution in [0, 0.1) is 0 Å². The SMILES string of the molecule is O=c1cc(-c2ccc(NCc3cc(Cl)cs3)cc2)[nH][nH]1. The molecule has 0 bridgehead atoms. The van der Waals surface area contributed by atoms with E-state index >= 15 is 0 Å². The number of benzene rings is 1. The highest BCUT2D eigenvalue weighted by Crippen LogP contribution is 2.22. The number of aromatic nitrogens is 2. The van der Waals surface area contributed by atoms with Crippen molar-refractivity contribution in [2.75, 3.05) is 5.32 Å². The molecule has 0 fully saturated rings. The van der Waals surface area contributed by atoms with E-state index in [1.807, 2.05) is 35.7 Å². The Morgan fingerprint density at radius 3 is 2.55 bits per heavy atom. The maximum absolute atomic E-state index is 11.1. The minimum Gasteiger partial charge on any atom is -0.380 e. The van der Waals surface area contributed by atoms with Gasteiger partial charge in [-0.15, -0.1) is 11.3 Å². The molecule has 0 aliphatic carbocycles. The van der Waals surface area contributed by atoms with Crippen LogP contribution in [0.15, 0.2) is 46.6 Å². The molecule has 0 spiro atoms. The molecular weight excluding hydrogens is 294 g/mol. The smallest absolute Gasteiger partial charge is 0.264 e. The molecule has 4 nitrogen and oxygen atoms in total. The molecule has 0 radical (unpaired) electrons. The van der Waals surface area contributed by atoms with E-state index in [1.54, 1.807) is 11.3 Å². The quantitative estimate of drug-likeness (QED) is 0.688. The number of nitrogens with one attached hydrogen (secondary N) is 3. The molecule has 1 aromatic carbocycles. The second-order valence-corrected chi connectivity index (χ2v) is 5.77. The summed E-state index contributed by atoms with van der Waals surface area (Å²) in [7, 11) is 0. The van der Waals surface area contributed by atoms with Crippen LogP contribution in [-0.4, -0.2) is 10.2 Å². The van der Waals surface area contributed by atoms with Crippen LogP contribution in [-0.2, 0) is 6.54 Å². The third-order valence-electron chi connectivity index (χ3n) is 2.88. The van der Waals surface area contributed by atoms with Crippen molar-refractivity contribution in [1.82, 2.24) is 10.2 Å². The third-order valence-corrected chi connectivity index (χ3v) is 4.16. The van der Waals surface area contributed by atoms with Crippen LogP contribution in [0.4, 0.5) is 5.69 Å². The van der Waals surface area contributed by atoms with E-state index in [-0.39, 0.29) is 5.56 Å². The lowest BCUT2D eigenvalue weighted by molar-refractivity contribution is 1.06. The van der Waals surface area contributed by atoms with Gasteiger partial charge in [-0.05, 0) is 23.8 Å². The Hall–Kier alpha value is -1.98. The number of halogens is 1. The average molecular weight is 306 g/mol. The Morgan fingerprint density at radius 2 is 1.95 bits per heavy atom. The molecule has 3 N–H and O–H groups in total. The molecule has 3 aromatic rings. The molecule has 0 aliphatic rings. The summed E-state index contributed by atoms with van der Waals surface area (Å²) >= 11 is 7.52. The molecule has 0 amide bonds. The fourth-order valence-electron chi connectivity index (χ4n) is 1.89. The zero-order chi connectivity index (χ0) is 13.9. The standard InChI is InChI=1S/C14H12ClN3OS/c15-10-5-12(20-8-10)7-16-11-3-1-9(2-4-11)13-6-14(19)18-17-13/h1-6,8,16H,7H2,(H2,17,18,19). The first-order valence-corrected chi connectivity index (χ1v) is 7.31. The molecule has 20 heavy (non-hydrogen) atoms. The molecule has 0 aliphatic heterocycles. The molecule has 3 rings (SSSR count). The van der Waals surface area contributed by atoms with Gasteiger partial charge in [-0.3, -0.25) is 15.0 Å². The van der Waals surface area contributed by atoms with Gasteiger partial charge in [0.25, 0.3) is 5.56 Å². The Kier molecular flexibility index (Phi) is 3.62.